The summed E-state index contributed by atoms with van der Waals surface area (Å²) in [5, 5.41) is 20.6. The molecule has 0 unspecified atom stereocenters. The third-order valence-corrected chi connectivity index (χ3v) is 2.18. The minimum Gasteiger partial charge on any atom is -0.423 e. The Kier molecular flexibility index (Phi) is 4.31. The molecule has 0 aliphatic heterocycles. The second kappa shape index (κ2) is 5.34. The van der Waals surface area contributed by atoms with Crippen LogP contribution in [0.4, 0.5) is 5.69 Å². The van der Waals surface area contributed by atoms with E-state index in [1.54, 1.807) is 24.3 Å². The summed E-state index contributed by atoms with van der Waals surface area (Å²) < 4.78 is 0. The Morgan fingerprint density at radius 3 is 2.18 bits per heavy atom. The molecule has 0 spiro atoms. The summed E-state index contributed by atoms with van der Waals surface area (Å²) in [5.41, 5.74) is 1.01. The molecular formula is C12H18BNO3. The van der Waals surface area contributed by atoms with Crippen molar-refractivity contribution in [2.45, 2.75) is 27.2 Å². The van der Waals surface area contributed by atoms with Crippen LogP contribution in [0.3, 0.4) is 0 Å². The zero-order valence-electron chi connectivity index (χ0n) is 10.4. The lowest BCUT2D eigenvalue weighted by molar-refractivity contribution is -0.117. The smallest absolute Gasteiger partial charge is 0.423 e. The van der Waals surface area contributed by atoms with E-state index in [1.807, 2.05) is 20.8 Å². The minimum absolute atomic E-state index is 0.0465. The third kappa shape index (κ3) is 5.02. The van der Waals surface area contributed by atoms with Gasteiger partial charge in [-0.15, -0.1) is 0 Å². The first-order chi connectivity index (χ1) is 7.78. The zero-order chi connectivity index (χ0) is 13.1. The lowest BCUT2D eigenvalue weighted by atomic mass is 9.80. The van der Waals surface area contributed by atoms with E-state index >= 15 is 0 Å². The first kappa shape index (κ1) is 13.7. The number of rotatable bonds is 3. The highest BCUT2D eigenvalue weighted by atomic mass is 16.4. The monoisotopic (exact) mass is 235 g/mol. The van der Waals surface area contributed by atoms with Gasteiger partial charge in [-0.25, -0.2) is 0 Å². The van der Waals surface area contributed by atoms with Gasteiger partial charge >= 0.3 is 7.12 Å². The maximum absolute atomic E-state index is 11.6. The van der Waals surface area contributed by atoms with Crippen molar-refractivity contribution >= 4 is 24.2 Å². The van der Waals surface area contributed by atoms with E-state index in [-0.39, 0.29) is 11.3 Å². The summed E-state index contributed by atoms with van der Waals surface area (Å²) in [5.74, 6) is -0.0465. The Balaban J connectivity index is 2.61. The molecule has 3 N–H and O–H groups in total. The average Bonchev–Trinajstić information content (AvgIpc) is 2.15. The number of hydrogen-bond donors (Lipinski definition) is 3. The van der Waals surface area contributed by atoms with Crippen molar-refractivity contribution in [3.63, 3.8) is 0 Å². The van der Waals surface area contributed by atoms with Gasteiger partial charge in [-0.1, -0.05) is 32.9 Å². The van der Waals surface area contributed by atoms with Gasteiger partial charge in [0.2, 0.25) is 5.91 Å². The van der Waals surface area contributed by atoms with Gasteiger partial charge in [-0.2, -0.15) is 0 Å². The number of carbonyl (C=O) groups excluding carboxylic acids is 1. The quantitative estimate of drug-likeness (QED) is 0.677. The van der Waals surface area contributed by atoms with Crippen LogP contribution in [0.1, 0.15) is 27.2 Å². The zero-order valence-corrected chi connectivity index (χ0v) is 10.4. The molecule has 1 rings (SSSR count). The normalized spacial score (nSPS) is 11.1. The fourth-order valence-electron chi connectivity index (χ4n) is 1.43. The number of amides is 1. The van der Waals surface area contributed by atoms with Gasteiger partial charge in [0.15, 0.2) is 0 Å². The Hall–Kier alpha value is -1.33. The highest BCUT2D eigenvalue weighted by Crippen LogP contribution is 2.19. The van der Waals surface area contributed by atoms with Crippen LogP contribution in [0.15, 0.2) is 24.3 Å². The lowest BCUT2D eigenvalue weighted by Crippen LogP contribution is -2.29. The van der Waals surface area contributed by atoms with Crippen LogP contribution < -0.4 is 10.8 Å². The van der Waals surface area contributed by atoms with Crippen molar-refractivity contribution in [2.75, 3.05) is 5.32 Å². The van der Waals surface area contributed by atoms with E-state index in [1.165, 1.54) is 0 Å². The second-order valence-electron chi connectivity index (χ2n) is 5.28. The number of benzene rings is 1. The molecule has 0 saturated carbocycles. The van der Waals surface area contributed by atoms with Crippen LogP contribution in [0.2, 0.25) is 0 Å². The van der Waals surface area contributed by atoms with Gasteiger partial charge in [-0.05, 0) is 23.0 Å². The van der Waals surface area contributed by atoms with Crippen molar-refractivity contribution in [3.05, 3.63) is 24.3 Å². The highest BCUT2D eigenvalue weighted by Gasteiger charge is 2.16. The lowest BCUT2D eigenvalue weighted by Gasteiger charge is -2.17. The number of carbonyl (C=O) groups is 1. The molecular weight excluding hydrogens is 217 g/mol. The van der Waals surface area contributed by atoms with Gasteiger partial charge in [0.05, 0.1) is 0 Å². The summed E-state index contributed by atoms with van der Waals surface area (Å²) in [6.45, 7) is 5.99. The topological polar surface area (TPSA) is 69.6 Å². The predicted molar refractivity (Wildman–Crippen MR) is 69.0 cm³/mol. The first-order valence-corrected chi connectivity index (χ1v) is 5.54. The summed E-state index contributed by atoms with van der Waals surface area (Å²) in [6.07, 6.45) is 0.442. The second-order valence-corrected chi connectivity index (χ2v) is 5.28. The molecule has 0 atom stereocenters. The van der Waals surface area contributed by atoms with Crippen LogP contribution >= 0.6 is 0 Å². The van der Waals surface area contributed by atoms with Crippen LogP contribution in [-0.2, 0) is 4.79 Å². The molecule has 4 nitrogen and oxygen atoms in total. The van der Waals surface area contributed by atoms with Gasteiger partial charge in [0, 0.05) is 12.1 Å². The maximum Gasteiger partial charge on any atom is 0.488 e. The number of anilines is 1. The van der Waals surface area contributed by atoms with Crippen LogP contribution in [0, 0.1) is 5.41 Å². The Bertz CT molecular complexity index is 382. The number of hydrogen-bond acceptors (Lipinski definition) is 3. The Labute approximate surface area is 102 Å². The Morgan fingerprint density at radius 2 is 1.76 bits per heavy atom. The Morgan fingerprint density at radius 1 is 1.24 bits per heavy atom. The van der Waals surface area contributed by atoms with Gasteiger partial charge in [-0.3, -0.25) is 4.79 Å². The molecule has 17 heavy (non-hydrogen) atoms. The fourth-order valence-corrected chi connectivity index (χ4v) is 1.43. The standard InChI is InChI=1S/C12H18BNO3/c1-12(2,3)8-11(15)14-10-6-4-9(5-7-10)13(16)17/h4-7,16-17H,8H2,1-3H3,(H,14,15). The van der Waals surface area contributed by atoms with Crippen LogP contribution in [0.5, 0.6) is 0 Å². The molecule has 0 aliphatic carbocycles. The number of nitrogens with one attached hydrogen (secondary N) is 1. The molecule has 0 fully saturated rings. The van der Waals surface area contributed by atoms with E-state index in [9.17, 15) is 4.79 Å². The average molecular weight is 235 g/mol. The molecule has 0 saturated heterocycles. The van der Waals surface area contributed by atoms with E-state index < -0.39 is 7.12 Å². The highest BCUT2D eigenvalue weighted by molar-refractivity contribution is 6.58. The molecule has 1 aromatic rings. The molecule has 0 bridgehead atoms. The fraction of sp³-hybridized carbons (Fsp3) is 0.417. The first-order valence-electron chi connectivity index (χ1n) is 5.54. The van der Waals surface area contributed by atoms with Crippen LogP contribution in [-0.4, -0.2) is 23.1 Å². The summed E-state index contributed by atoms with van der Waals surface area (Å²) in [7, 11) is -1.48. The maximum atomic E-state index is 11.6. The molecule has 0 aromatic heterocycles. The van der Waals surface area contributed by atoms with Crippen molar-refractivity contribution in [1.82, 2.24) is 0 Å². The minimum atomic E-state index is -1.48. The predicted octanol–water partition coefficient (Wildman–Crippen LogP) is 0.741. The molecule has 0 heterocycles. The molecule has 92 valence electrons. The molecule has 5 heteroatoms. The van der Waals surface area contributed by atoms with Gasteiger partial charge < -0.3 is 15.4 Å². The van der Waals surface area contributed by atoms with Crippen molar-refractivity contribution < 1.29 is 14.8 Å². The largest absolute Gasteiger partial charge is 0.488 e. The van der Waals surface area contributed by atoms with E-state index in [2.05, 4.69) is 5.32 Å². The molecule has 0 radical (unpaired) electrons. The molecule has 1 amide bonds. The summed E-state index contributed by atoms with van der Waals surface area (Å²) in [6, 6.07) is 6.43. The van der Waals surface area contributed by atoms with Gasteiger partial charge in [0.1, 0.15) is 0 Å². The third-order valence-electron chi connectivity index (χ3n) is 2.18. The van der Waals surface area contributed by atoms with Crippen molar-refractivity contribution in [1.29, 1.82) is 0 Å². The van der Waals surface area contributed by atoms with E-state index in [0.717, 1.165) is 0 Å². The van der Waals surface area contributed by atoms with Crippen molar-refractivity contribution in [3.8, 4) is 0 Å². The SMILES string of the molecule is CC(C)(C)CC(=O)Nc1ccc(B(O)O)cc1. The molecule has 0 aliphatic rings. The van der Waals surface area contributed by atoms with Gasteiger partial charge in [0.25, 0.3) is 0 Å². The summed E-state index contributed by atoms with van der Waals surface area (Å²) >= 11 is 0. The van der Waals surface area contributed by atoms with Crippen LogP contribution in [0.25, 0.3) is 0 Å². The molecule has 1 aromatic carbocycles. The summed E-state index contributed by atoms with van der Waals surface area (Å²) in [4.78, 5) is 11.6. The van der Waals surface area contributed by atoms with E-state index in [0.29, 0.717) is 17.6 Å². The van der Waals surface area contributed by atoms with Crippen molar-refractivity contribution in [2.24, 2.45) is 5.41 Å². The van der Waals surface area contributed by atoms with E-state index in [4.69, 9.17) is 10.0 Å².